The molecule has 1 N–H and O–H groups in total. The van der Waals surface area contributed by atoms with Crippen LogP contribution in [0.5, 0.6) is 0 Å². The van der Waals surface area contributed by atoms with Crippen LogP contribution in [0.25, 0.3) is 0 Å². The number of piperazine rings is 1. The van der Waals surface area contributed by atoms with E-state index in [1.54, 1.807) is 6.92 Å². The highest BCUT2D eigenvalue weighted by Gasteiger charge is 2.20. The van der Waals surface area contributed by atoms with E-state index in [4.69, 9.17) is 0 Å². The number of aryl methyl sites for hydroxylation is 1. The summed E-state index contributed by atoms with van der Waals surface area (Å²) < 4.78 is 0. The van der Waals surface area contributed by atoms with E-state index in [0.29, 0.717) is 11.7 Å². The van der Waals surface area contributed by atoms with Crippen molar-refractivity contribution in [1.29, 1.82) is 0 Å². The number of carbonyl (C=O) groups excluding carboxylic acids is 2. The number of amides is 1. The number of ketones is 1. The van der Waals surface area contributed by atoms with Gasteiger partial charge in [0.15, 0.2) is 5.78 Å². The van der Waals surface area contributed by atoms with Gasteiger partial charge in [-0.15, -0.1) is 10.2 Å². The molecule has 0 aliphatic carbocycles. The van der Waals surface area contributed by atoms with Crippen LogP contribution >= 0.6 is 11.3 Å². The first-order chi connectivity index (χ1) is 12.0. The zero-order chi connectivity index (χ0) is 17.8. The van der Waals surface area contributed by atoms with Crippen molar-refractivity contribution in [3.63, 3.8) is 0 Å². The highest BCUT2D eigenvalue weighted by molar-refractivity contribution is 7.15. The van der Waals surface area contributed by atoms with Crippen LogP contribution in [0.2, 0.25) is 0 Å². The Hall–Kier alpha value is -2.32. The summed E-state index contributed by atoms with van der Waals surface area (Å²) >= 11 is 1.37. The average Bonchev–Trinajstić information content (AvgIpc) is 3.00. The van der Waals surface area contributed by atoms with Gasteiger partial charge in [0, 0.05) is 37.4 Å². The maximum Gasteiger partial charge on any atom is 0.240 e. The molecule has 1 aromatic carbocycles. The molecule has 0 spiro atoms. The molecule has 132 valence electrons. The minimum Gasteiger partial charge on any atom is -0.369 e. The van der Waals surface area contributed by atoms with E-state index < -0.39 is 0 Å². The first-order valence-corrected chi connectivity index (χ1v) is 9.01. The van der Waals surface area contributed by atoms with E-state index in [0.717, 1.165) is 42.4 Å². The third-order valence-corrected chi connectivity index (χ3v) is 4.90. The third-order valence-electron chi connectivity index (χ3n) is 4.15. The second-order valence-corrected chi connectivity index (χ2v) is 7.22. The average molecular weight is 359 g/mol. The molecule has 1 fully saturated rings. The molecule has 0 saturated carbocycles. The molecule has 1 aromatic heterocycles. The largest absolute Gasteiger partial charge is 0.369 e. The molecule has 3 rings (SSSR count). The number of anilines is 2. The maximum atomic E-state index is 12.1. The predicted octanol–water partition coefficient (Wildman–Crippen LogP) is 1.81. The van der Waals surface area contributed by atoms with Gasteiger partial charge in [-0.3, -0.25) is 19.8 Å². The second kappa shape index (κ2) is 7.71. The zero-order valence-electron chi connectivity index (χ0n) is 14.4. The Morgan fingerprint density at radius 1 is 1.12 bits per heavy atom. The fraction of sp³-hybridized carbons (Fsp3) is 0.412. The van der Waals surface area contributed by atoms with Crippen molar-refractivity contribution in [3.8, 4) is 0 Å². The summed E-state index contributed by atoms with van der Waals surface area (Å²) in [6.45, 7) is 7.12. The van der Waals surface area contributed by atoms with Gasteiger partial charge < -0.3 is 4.90 Å². The van der Waals surface area contributed by atoms with E-state index in [-0.39, 0.29) is 11.7 Å². The molecule has 8 heteroatoms. The smallest absolute Gasteiger partial charge is 0.240 e. The monoisotopic (exact) mass is 359 g/mol. The van der Waals surface area contributed by atoms with Crippen LogP contribution in [-0.4, -0.2) is 59.5 Å². The fourth-order valence-electron chi connectivity index (χ4n) is 2.78. The second-order valence-electron chi connectivity index (χ2n) is 6.04. The Kier molecular flexibility index (Phi) is 5.40. The van der Waals surface area contributed by atoms with E-state index in [1.807, 2.05) is 31.2 Å². The number of carbonyl (C=O) groups is 2. The number of hydrogen-bond donors (Lipinski definition) is 1. The van der Waals surface area contributed by atoms with E-state index in [2.05, 4.69) is 25.3 Å². The molecule has 0 unspecified atom stereocenters. The molecule has 1 saturated heterocycles. The number of nitrogens with zero attached hydrogens (tertiary/aromatic N) is 4. The van der Waals surface area contributed by atoms with E-state index >= 15 is 0 Å². The molecule has 0 atom stereocenters. The Balaban J connectivity index is 1.48. The van der Waals surface area contributed by atoms with Gasteiger partial charge >= 0.3 is 0 Å². The molecule has 7 nitrogen and oxygen atoms in total. The van der Waals surface area contributed by atoms with Crippen molar-refractivity contribution in [3.05, 3.63) is 34.8 Å². The lowest BCUT2D eigenvalue weighted by molar-refractivity contribution is -0.117. The van der Waals surface area contributed by atoms with Gasteiger partial charge in [0.25, 0.3) is 0 Å². The minimum atomic E-state index is -0.0598. The molecule has 0 radical (unpaired) electrons. The van der Waals surface area contributed by atoms with E-state index in [1.165, 1.54) is 11.3 Å². The lowest BCUT2D eigenvalue weighted by atomic mass is 10.1. The first-order valence-electron chi connectivity index (χ1n) is 8.19. The molecule has 25 heavy (non-hydrogen) atoms. The van der Waals surface area contributed by atoms with Crippen molar-refractivity contribution < 1.29 is 9.59 Å². The highest BCUT2D eigenvalue weighted by atomic mass is 32.1. The normalized spacial score (nSPS) is 15.2. The van der Waals surface area contributed by atoms with Crippen LogP contribution in [0.4, 0.5) is 10.8 Å². The molecule has 2 aromatic rings. The quantitative estimate of drug-likeness (QED) is 0.821. The Bertz CT molecular complexity index is 751. The summed E-state index contributed by atoms with van der Waals surface area (Å²) in [6, 6.07) is 7.69. The number of benzene rings is 1. The van der Waals surface area contributed by atoms with Crippen LogP contribution in [-0.2, 0) is 4.79 Å². The van der Waals surface area contributed by atoms with Crippen molar-refractivity contribution >= 4 is 33.8 Å². The summed E-state index contributed by atoms with van der Waals surface area (Å²) in [7, 11) is 0. The summed E-state index contributed by atoms with van der Waals surface area (Å²) in [5.74, 6) is 0.0171. The Labute approximate surface area is 150 Å². The van der Waals surface area contributed by atoms with Crippen LogP contribution in [0, 0.1) is 6.92 Å². The zero-order valence-corrected chi connectivity index (χ0v) is 15.2. The predicted molar refractivity (Wildman–Crippen MR) is 98.4 cm³/mol. The summed E-state index contributed by atoms with van der Waals surface area (Å²) in [6.07, 6.45) is 0. The molecule has 1 aliphatic rings. The van der Waals surface area contributed by atoms with Crippen molar-refractivity contribution in [2.75, 3.05) is 42.9 Å². The van der Waals surface area contributed by atoms with Gasteiger partial charge in [-0.2, -0.15) is 0 Å². The van der Waals surface area contributed by atoms with Crippen LogP contribution in [0.1, 0.15) is 22.3 Å². The first kappa shape index (κ1) is 17.5. The molecule has 2 heterocycles. The maximum absolute atomic E-state index is 12.1. The van der Waals surface area contributed by atoms with Crippen molar-refractivity contribution in [2.24, 2.45) is 0 Å². The lowest BCUT2D eigenvalue weighted by Gasteiger charge is -2.35. The summed E-state index contributed by atoms with van der Waals surface area (Å²) in [5.41, 5.74) is 1.84. The van der Waals surface area contributed by atoms with Gasteiger partial charge in [-0.05, 0) is 38.1 Å². The number of hydrogen-bond acceptors (Lipinski definition) is 7. The van der Waals surface area contributed by atoms with Gasteiger partial charge in [-0.25, -0.2) is 0 Å². The van der Waals surface area contributed by atoms with Crippen molar-refractivity contribution in [2.45, 2.75) is 13.8 Å². The van der Waals surface area contributed by atoms with Crippen LogP contribution < -0.4 is 10.2 Å². The van der Waals surface area contributed by atoms with Gasteiger partial charge in [-0.1, -0.05) is 11.3 Å². The topological polar surface area (TPSA) is 78.4 Å². The number of nitrogens with one attached hydrogen (secondary N) is 1. The molecular weight excluding hydrogens is 338 g/mol. The van der Waals surface area contributed by atoms with Crippen molar-refractivity contribution in [1.82, 2.24) is 15.1 Å². The Morgan fingerprint density at radius 3 is 2.36 bits per heavy atom. The molecular formula is C17H21N5O2S. The Morgan fingerprint density at radius 2 is 1.80 bits per heavy atom. The number of aromatic nitrogens is 2. The molecule has 0 bridgehead atoms. The fourth-order valence-corrected chi connectivity index (χ4v) is 3.39. The van der Waals surface area contributed by atoms with Crippen LogP contribution in [0.15, 0.2) is 24.3 Å². The minimum absolute atomic E-state index is 0.0598. The van der Waals surface area contributed by atoms with Crippen LogP contribution in [0.3, 0.4) is 0 Å². The highest BCUT2D eigenvalue weighted by Crippen LogP contribution is 2.18. The molecule has 1 amide bonds. The SMILES string of the molecule is CC(=O)c1ccc(N2CCN(CC(=O)Nc3nnc(C)s3)CC2)cc1. The summed E-state index contributed by atoms with van der Waals surface area (Å²) in [4.78, 5) is 27.8. The molecule has 1 aliphatic heterocycles. The van der Waals surface area contributed by atoms with Gasteiger partial charge in [0.1, 0.15) is 5.01 Å². The van der Waals surface area contributed by atoms with E-state index in [9.17, 15) is 9.59 Å². The number of Topliss-reactive ketones (excluding diaryl/α,β-unsaturated/α-hetero) is 1. The van der Waals surface area contributed by atoms with Gasteiger partial charge in [0.2, 0.25) is 11.0 Å². The lowest BCUT2D eigenvalue weighted by Crippen LogP contribution is -2.48. The third kappa shape index (κ3) is 4.61. The summed E-state index contributed by atoms with van der Waals surface area (Å²) in [5, 5.41) is 12.0. The van der Waals surface area contributed by atoms with Gasteiger partial charge in [0.05, 0.1) is 6.54 Å². The standard InChI is InChI=1S/C17H21N5O2S/c1-12(23)14-3-5-15(6-4-14)22-9-7-21(8-10-22)11-16(24)18-17-20-19-13(2)25-17/h3-6H,7-11H2,1-2H3,(H,18,20,24). The number of rotatable bonds is 5.